The molecule has 134 valence electrons. The minimum Gasteiger partial charge on any atom is -0.361 e. The van der Waals surface area contributed by atoms with E-state index in [0.717, 1.165) is 11.5 Å². The minimum atomic E-state index is -0.262. The fourth-order valence-electron chi connectivity index (χ4n) is 2.41. The number of halogens is 1. The summed E-state index contributed by atoms with van der Waals surface area (Å²) in [6, 6.07) is 11.8. The molecule has 0 aliphatic carbocycles. The second-order valence-electron chi connectivity index (χ2n) is 5.67. The van der Waals surface area contributed by atoms with E-state index < -0.39 is 0 Å². The van der Waals surface area contributed by atoms with E-state index in [1.807, 2.05) is 13.0 Å². The van der Waals surface area contributed by atoms with Crippen LogP contribution in [0.3, 0.4) is 0 Å². The van der Waals surface area contributed by atoms with Gasteiger partial charge in [-0.15, -0.1) is 0 Å². The van der Waals surface area contributed by atoms with E-state index in [0.29, 0.717) is 34.9 Å². The molecule has 0 aliphatic heterocycles. The van der Waals surface area contributed by atoms with Gasteiger partial charge in [0.15, 0.2) is 0 Å². The molecule has 0 atom stereocenters. The third kappa shape index (κ3) is 4.70. The van der Waals surface area contributed by atoms with Gasteiger partial charge in [-0.1, -0.05) is 35.1 Å². The number of carbonyl (C=O) groups excluding carboxylic acids is 1. The van der Waals surface area contributed by atoms with Crippen LogP contribution in [0.1, 0.15) is 27.4 Å². The average molecular weight is 371 g/mol. The third-order valence-electron chi connectivity index (χ3n) is 3.69. The first-order valence-electron chi connectivity index (χ1n) is 8.15. The van der Waals surface area contributed by atoms with E-state index in [1.165, 1.54) is 17.8 Å². The van der Waals surface area contributed by atoms with Gasteiger partial charge in [0.25, 0.3) is 5.91 Å². The summed E-state index contributed by atoms with van der Waals surface area (Å²) >= 11 is 1.42. The molecule has 0 radical (unpaired) electrons. The van der Waals surface area contributed by atoms with Gasteiger partial charge in [0, 0.05) is 24.6 Å². The average Bonchev–Trinajstić information content (AvgIpc) is 3.07. The Bertz CT molecular complexity index is 898. The Kier molecular flexibility index (Phi) is 6.01. The van der Waals surface area contributed by atoms with E-state index in [9.17, 15) is 9.18 Å². The van der Waals surface area contributed by atoms with Crippen molar-refractivity contribution in [1.82, 2.24) is 15.5 Å². The first kappa shape index (κ1) is 18.1. The van der Waals surface area contributed by atoms with Crippen molar-refractivity contribution in [2.45, 2.75) is 24.1 Å². The molecule has 2 heterocycles. The van der Waals surface area contributed by atoms with E-state index in [4.69, 9.17) is 4.52 Å². The summed E-state index contributed by atoms with van der Waals surface area (Å²) in [6.07, 6.45) is 2.08. The molecule has 0 saturated carbocycles. The maximum absolute atomic E-state index is 13.6. The molecular weight excluding hydrogens is 353 g/mol. The van der Waals surface area contributed by atoms with E-state index in [1.54, 1.807) is 36.5 Å². The second-order valence-corrected chi connectivity index (χ2v) is 6.64. The van der Waals surface area contributed by atoms with Crippen LogP contribution in [0, 0.1) is 12.7 Å². The molecule has 1 amide bonds. The van der Waals surface area contributed by atoms with E-state index in [2.05, 4.69) is 15.5 Å². The van der Waals surface area contributed by atoms with Crippen LogP contribution in [-0.2, 0) is 12.2 Å². The van der Waals surface area contributed by atoms with Crippen molar-refractivity contribution in [1.29, 1.82) is 0 Å². The molecule has 0 aliphatic rings. The van der Waals surface area contributed by atoms with Crippen molar-refractivity contribution >= 4 is 17.7 Å². The summed E-state index contributed by atoms with van der Waals surface area (Å²) < 4.78 is 18.7. The van der Waals surface area contributed by atoms with Crippen molar-refractivity contribution in [3.05, 3.63) is 77.1 Å². The fraction of sp³-hybridized carbons (Fsp3) is 0.211. The van der Waals surface area contributed by atoms with Gasteiger partial charge < -0.3 is 9.84 Å². The number of benzene rings is 1. The Morgan fingerprint density at radius 1 is 1.27 bits per heavy atom. The smallest absolute Gasteiger partial charge is 0.254 e. The topological polar surface area (TPSA) is 68.0 Å². The summed E-state index contributed by atoms with van der Waals surface area (Å²) in [7, 11) is 0. The van der Waals surface area contributed by atoms with E-state index in [-0.39, 0.29) is 11.7 Å². The van der Waals surface area contributed by atoms with Crippen LogP contribution >= 0.6 is 11.8 Å². The van der Waals surface area contributed by atoms with Crippen molar-refractivity contribution < 1.29 is 13.7 Å². The van der Waals surface area contributed by atoms with Gasteiger partial charge in [-0.05, 0) is 37.1 Å². The lowest BCUT2D eigenvalue weighted by atomic mass is 10.1. The number of hydrogen-bond acceptors (Lipinski definition) is 5. The molecule has 0 saturated heterocycles. The zero-order valence-corrected chi connectivity index (χ0v) is 15.1. The molecule has 5 nitrogen and oxygen atoms in total. The van der Waals surface area contributed by atoms with Gasteiger partial charge in [-0.25, -0.2) is 9.37 Å². The molecule has 1 aromatic carbocycles. The summed E-state index contributed by atoms with van der Waals surface area (Å²) in [4.78, 5) is 16.7. The SMILES string of the molecule is Cc1cc(CSc2ncccc2C(=O)NCCc2ccccc2F)no1. The first-order chi connectivity index (χ1) is 12.6. The lowest BCUT2D eigenvalue weighted by molar-refractivity contribution is 0.0950. The molecule has 0 unspecified atom stereocenters. The monoisotopic (exact) mass is 371 g/mol. The Morgan fingerprint density at radius 3 is 2.88 bits per heavy atom. The highest BCUT2D eigenvalue weighted by Crippen LogP contribution is 2.24. The standard InChI is InChI=1S/C19H18FN3O2S/c1-13-11-15(23-25-13)12-26-19-16(6-4-9-22-19)18(24)21-10-8-14-5-2-3-7-17(14)20/h2-7,9,11H,8,10,12H2,1H3,(H,21,24). The molecule has 1 N–H and O–H groups in total. The van der Waals surface area contributed by atoms with Crippen LogP contribution in [0.15, 0.2) is 58.2 Å². The second kappa shape index (κ2) is 8.62. The number of pyridine rings is 1. The van der Waals surface area contributed by atoms with Crippen molar-refractivity contribution in [2.24, 2.45) is 0 Å². The molecule has 3 rings (SSSR count). The van der Waals surface area contributed by atoms with Crippen molar-refractivity contribution in [3.63, 3.8) is 0 Å². The summed E-state index contributed by atoms with van der Waals surface area (Å²) in [5, 5.41) is 7.38. The van der Waals surface area contributed by atoms with Crippen LogP contribution in [0.4, 0.5) is 4.39 Å². The number of hydrogen-bond donors (Lipinski definition) is 1. The largest absolute Gasteiger partial charge is 0.361 e. The summed E-state index contributed by atoms with van der Waals surface area (Å²) in [6.45, 7) is 2.18. The van der Waals surface area contributed by atoms with Crippen LogP contribution < -0.4 is 5.32 Å². The Hall–Kier alpha value is -2.67. The van der Waals surface area contributed by atoms with Gasteiger partial charge in [-0.3, -0.25) is 4.79 Å². The molecule has 26 heavy (non-hydrogen) atoms. The highest BCUT2D eigenvalue weighted by molar-refractivity contribution is 7.98. The van der Waals surface area contributed by atoms with Gasteiger partial charge in [0.1, 0.15) is 16.6 Å². The first-order valence-corrected chi connectivity index (χ1v) is 9.13. The molecule has 3 aromatic rings. The van der Waals surface area contributed by atoms with Crippen molar-refractivity contribution in [2.75, 3.05) is 6.54 Å². The number of nitrogens with one attached hydrogen (secondary N) is 1. The van der Waals surface area contributed by atoms with E-state index >= 15 is 0 Å². The quantitative estimate of drug-likeness (QED) is 0.640. The van der Waals surface area contributed by atoms with Crippen LogP contribution in [-0.4, -0.2) is 22.6 Å². The van der Waals surface area contributed by atoms with Crippen LogP contribution in [0.5, 0.6) is 0 Å². The molecule has 7 heteroatoms. The van der Waals surface area contributed by atoms with Gasteiger partial charge in [0.2, 0.25) is 0 Å². The lowest BCUT2D eigenvalue weighted by Crippen LogP contribution is -2.26. The highest BCUT2D eigenvalue weighted by atomic mass is 32.2. The summed E-state index contributed by atoms with van der Waals surface area (Å²) in [5.74, 6) is 0.812. The maximum atomic E-state index is 13.6. The number of carbonyl (C=O) groups is 1. The lowest BCUT2D eigenvalue weighted by Gasteiger charge is -2.09. The number of amides is 1. The molecule has 2 aromatic heterocycles. The van der Waals surface area contributed by atoms with Crippen molar-refractivity contribution in [3.8, 4) is 0 Å². The third-order valence-corrected chi connectivity index (χ3v) is 4.73. The molecular formula is C19H18FN3O2S. The predicted octanol–water partition coefficient (Wildman–Crippen LogP) is 3.78. The number of aromatic nitrogens is 2. The number of rotatable bonds is 7. The van der Waals surface area contributed by atoms with Gasteiger partial charge in [0.05, 0.1) is 11.3 Å². The Labute approximate surface area is 155 Å². The number of aryl methyl sites for hydroxylation is 1. The minimum absolute atomic E-state index is 0.228. The molecule has 0 bridgehead atoms. The maximum Gasteiger partial charge on any atom is 0.254 e. The Morgan fingerprint density at radius 2 is 2.12 bits per heavy atom. The number of thioether (sulfide) groups is 1. The summed E-state index contributed by atoms with van der Waals surface area (Å²) in [5.41, 5.74) is 1.87. The predicted molar refractivity (Wildman–Crippen MR) is 97.5 cm³/mol. The molecule has 0 fully saturated rings. The highest BCUT2D eigenvalue weighted by Gasteiger charge is 2.13. The van der Waals surface area contributed by atoms with Gasteiger partial charge in [-0.2, -0.15) is 0 Å². The van der Waals surface area contributed by atoms with Crippen LogP contribution in [0.25, 0.3) is 0 Å². The van der Waals surface area contributed by atoms with Crippen LogP contribution in [0.2, 0.25) is 0 Å². The normalized spacial score (nSPS) is 10.7. The fourth-order valence-corrected chi connectivity index (χ4v) is 3.29. The number of nitrogens with zero attached hydrogens (tertiary/aromatic N) is 2. The zero-order valence-electron chi connectivity index (χ0n) is 14.2. The Balaban J connectivity index is 1.59. The molecule has 0 spiro atoms. The van der Waals surface area contributed by atoms with Gasteiger partial charge >= 0.3 is 0 Å². The zero-order chi connectivity index (χ0) is 18.4.